The highest BCUT2D eigenvalue weighted by Crippen LogP contribution is 2.32. The molecule has 1 saturated carbocycles. The van der Waals surface area contributed by atoms with Crippen LogP contribution in [0.25, 0.3) is 0 Å². The Balaban J connectivity index is 1.78. The lowest BCUT2D eigenvalue weighted by atomic mass is 10.4. The van der Waals surface area contributed by atoms with Crippen LogP contribution in [-0.4, -0.2) is 55.1 Å². The Labute approximate surface area is 116 Å². The molecule has 104 valence electrons. The number of hydrogen-bond acceptors (Lipinski definition) is 6. The number of amides is 1. The third-order valence-corrected chi connectivity index (χ3v) is 4.76. The smallest absolute Gasteiger partial charge is 0.267 e. The Morgan fingerprint density at radius 2 is 2.16 bits per heavy atom. The maximum absolute atomic E-state index is 12.3. The first kappa shape index (κ1) is 12.7. The number of nitrogen functional groups attached to an aromatic ring is 1. The van der Waals surface area contributed by atoms with E-state index >= 15 is 0 Å². The molecule has 1 aliphatic heterocycles. The van der Waals surface area contributed by atoms with Crippen molar-refractivity contribution in [1.29, 1.82) is 0 Å². The molecule has 0 unspecified atom stereocenters. The number of carbonyl (C=O) groups is 1. The second-order valence-electron chi connectivity index (χ2n) is 5.10. The van der Waals surface area contributed by atoms with Gasteiger partial charge in [-0.1, -0.05) is 11.3 Å². The van der Waals surface area contributed by atoms with E-state index in [4.69, 9.17) is 5.73 Å². The lowest BCUT2D eigenvalue weighted by molar-refractivity contribution is 0.0790. The van der Waals surface area contributed by atoms with Crippen LogP contribution >= 0.6 is 11.3 Å². The summed E-state index contributed by atoms with van der Waals surface area (Å²) in [6.07, 6.45) is 2.21. The van der Waals surface area contributed by atoms with Crippen molar-refractivity contribution < 1.29 is 4.79 Å². The van der Waals surface area contributed by atoms with Gasteiger partial charge in [0.05, 0.1) is 0 Å². The zero-order valence-electron chi connectivity index (χ0n) is 11.1. The number of thiazole rings is 1. The first-order valence-corrected chi connectivity index (χ1v) is 7.47. The Morgan fingerprint density at radius 3 is 2.79 bits per heavy atom. The van der Waals surface area contributed by atoms with Crippen LogP contribution in [0.1, 0.15) is 22.5 Å². The highest BCUT2D eigenvalue weighted by molar-refractivity contribution is 7.18. The zero-order valence-corrected chi connectivity index (χ0v) is 11.9. The maximum atomic E-state index is 12.3. The summed E-state index contributed by atoms with van der Waals surface area (Å²) in [5.41, 5.74) is 5.92. The number of aromatic nitrogens is 1. The van der Waals surface area contributed by atoms with Crippen molar-refractivity contribution >= 4 is 28.2 Å². The summed E-state index contributed by atoms with van der Waals surface area (Å²) in [4.78, 5) is 21.3. The van der Waals surface area contributed by atoms with Gasteiger partial charge in [-0.05, 0) is 12.8 Å². The van der Waals surface area contributed by atoms with Crippen molar-refractivity contribution in [2.24, 2.45) is 0 Å². The van der Waals surface area contributed by atoms with Gasteiger partial charge in [0.2, 0.25) is 0 Å². The molecule has 1 aliphatic carbocycles. The van der Waals surface area contributed by atoms with E-state index in [1.165, 1.54) is 11.3 Å². The Kier molecular flexibility index (Phi) is 3.32. The van der Waals surface area contributed by atoms with Gasteiger partial charge in [-0.2, -0.15) is 0 Å². The van der Waals surface area contributed by atoms with Gasteiger partial charge in [-0.15, -0.1) is 0 Å². The molecule has 1 aromatic heterocycles. The van der Waals surface area contributed by atoms with E-state index in [0.717, 1.165) is 44.2 Å². The van der Waals surface area contributed by atoms with Gasteiger partial charge in [-0.25, -0.2) is 4.98 Å². The second-order valence-corrected chi connectivity index (χ2v) is 6.07. The molecule has 2 heterocycles. The summed E-state index contributed by atoms with van der Waals surface area (Å²) < 4.78 is 0. The average Bonchev–Trinajstić information content (AvgIpc) is 3.21. The summed E-state index contributed by atoms with van der Waals surface area (Å²) in [6, 6.07) is 0.400. The maximum Gasteiger partial charge on any atom is 0.267 e. The van der Waals surface area contributed by atoms with Crippen LogP contribution in [0.3, 0.4) is 0 Å². The Hall–Kier alpha value is -1.34. The van der Waals surface area contributed by atoms with E-state index in [0.29, 0.717) is 16.7 Å². The first-order valence-electron chi connectivity index (χ1n) is 6.66. The number of nitrogens with one attached hydrogen (secondary N) is 1. The molecule has 3 rings (SSSR count). The second kappa shape index (κ2) is 4.97. The number of carbonyl (C=O) groups excluding carboxylic acids is 1. The lowest BCUT2D eigenvalue weighted by Crippen LogP contribution is -2.43. The van der Waals surface area contributed by atoms with Gasteiger partial charge in [0.1, 0.15) is 10.7 Å². The van der Waals surface area contributed by atoms with Gasteiger partial charge in [0.15, 0.2) is 5.13 Å². The standard InChI is InChI=1S/C12H19N5OS/c1-16(8-2-3-8)11(18)9-10(13)15-12(19-9)17-6-4-14-5-7-17/h8,14H,2-7,13H2,1H3. The fraction of sp³-hybridized carbons (Fsp3) is 0.667. The van der Waals surface area contributed by atoms with Crippen LogP contribution in [0.2, 0.25) is 0 Å². The number of nitrogens with two attached hydrogens (primary N) is 1. The molecule has 0 spiro atoms. The average molecular weight is 281 g/mol. The van der Waals surface area contributed by atoms with E-state index in [-0.39, 0.29) is 5.91 Å². The van der Waals surface area contributed by atoms with Crippen molar-refractivity contribution in [3.8, 4) is 0 Å². The number of nitrogens with zero attached hydrogens (tertiary/aromatic N) is 3. The highest BCUT2D eigenvalue weighted by atomic mass is 32.1. The molecule has 0 aromatic carbocycles. The van der Waals surface area contributed by atoms with Crippen molar-refractivity contribution in [3.63, 3.8) is 0 Å². The zero-order chi connectivity index (χ0) is 13.4. The van der Waals surface area contributed by atoms with Gasteiger partial charge in [0, 0.05) is 39.3 Å². The van der Waals surface area contributed by atoms with Gasteiger partial charge in [-0.3, -0.25) is 4.79 Å². The number of hydrogen-bond donors (Lipinski definition) is 2. The van der Waals surface area contributed by atoms with Crippen molar-refractivity contribution in [2.45, 2.75) is 18.9 Å². The van der Waals surface area contributed by atoms with Crippen LogP contribution in [-0.2, 0) is 0 Å². The normalized spacial score (nSPS) is 19.5. The molecule has 0 atom stereocenters. The summed E-state index contributed by atoms with van der Waals surface area (Å²) in [5, 5.41) is 4.17. The molecule has 2 aliphatic rings. The first-order chi connectivity index (χ1) is 9.16. The molecule has 0 radical (unpaired) electrons. The molecule has 1 aromatic rings. The fourth-order valence-electron chi connectivity index (χ4n) is 2.25. The number of anilines is 2. The van der Waals surface area contributed by atoms with Crippen LogP contribution in [0.15, 0.2) is 0 Å². The third-order valence-electron chi connectivity index (χ3n) is 3.64. The van der Waals surface area contributed by atoms with Gasteiger partial charge >= 0.3 is 0 Å². The minimum Gasteiger partial charge on any atom is -0.382 e. The monoisotopic (exact) mass is 281 g/mol. The molecule has 7 heteroatoms. The van der Waals surface area contributed by atoms with Gasteiger partial charge < -0.3 is 20.9 Å². The SMILES string of the molecule is CN(C(=O)c1sc(N2CCNCC2)nc1N)C1CC1. The van der Waals surface area contributed by atoms with Crippen molar-refractivity contribution in [2.75, 3.05) is 43.9 Å². The summed E-state index contributed by atoms with van der Waals surface area (Å²) >= 11 is 1.42. The molecule has 3 N–H and O–H groups in total. The van der Waals surface area contributed by atoms with E-state index in [9.17, 15) is 4.79 Å². The molecule has 1 saturated heterocycles. The number of rotatable bonds is 3. The molecule has 0 bridgehead atoms. The fourth-order valence-corrected chi connectivity index (χ4v) is 3.27. The van der Waals surface area contributed by atoms with E-state index < -0.39 is 0 Å². The minimum absolute atomic E-state index is 0.0129. The van der Waals surface area contributed by atoms with Crippen LogP contribution in [0, 0.1) is 0 Å². The predicted molar refractivity (Wildman–Crippen MR) is 76.7 cm³/mol. The van der Waals surface area contributed by atoms with E-state index in [1.807, 2.05) is 7.05 Å². The summed E-state index contributed by atoms with van der Waals surface area (Å²) in [5.74, 6) is 0.384. The quantitative estimate of drug-likeness (QED) is 0.837. The predicted octanol–water partition coefficient (Wildman–Crippen LogP) is 0.369. The summed E-state index contributed by atoms with van der Waals surface area (Å²) in [6.45, 7) is 3.73. The lowest BCUT2D eigenvalue weighted by Gasteiger charge is -2.26. The minimum atomic E-state index is 0.0129. The van der Waals surface area contributed by atoms with E-state index in [2.05, 4.69) is 15.2 Å². The Morgan fingerprint density at radius 1 is 1.47 bits per heavy atom. The molecule has 1 amide bonds. The molecular weight excluding hydrogens is 262 g/mol. The van der Waals surface area contributed by atoms with Crippen LogP contribution in [0.4, 0.5) is 10.9 Å². The molecule has 6 nitrogen and oxygen atoms in total. The van der Waals surface area contributed by atoms with E-state index in [1.54, 1.807) is 4.90 Å². The highest BCUT2D eigenvalue weighted by Gasteiger charge is 2.32. The third kappa shape index (κ3) is 2.52. The molecular formula is C12H19N5OS. The summed E-state index contributed by atoms with van der Waals surface area (Å²) in [7, 11) is 1.85. The van der Waals surface area contributed by atoms with Crippen LogP contribution in [0.5, 0.6) is 0 Å². The van der Waals surface area contributed by atoms with Gasteiger partial charge in [0.25, 0.3) is 5.91 Å². The Bertz CT molecular complexity index is 478. The largest absolute Gasteiger partial charge is 0.382 e. The van der Waals surface area contributed by atoms with Crippen molar-refractivity contribution in [3.05, 3.63) is 4.88 Å². The molecule has 19 heavy (non-hydrogen) atoms. The topological polar surface area (TPSA) is 74.5 Å². The van der Waals surface area contributed by atoms with Crippen LogP contribution < -0.4 is 16.0 Å². The van der Waals surface area contributed by atoms with Crippen molar-refractivity contribution in [1.82, 2.24) is 15.2 Å². The number of piperazine rings is 1. The molecule has 2 fully saturated rings.